The Hall–Kier alpha value is -3.58. The lowest BCUT2D eigenvalue weighted by Gasteiger charge is -2.25. The number of thiocarbonyl (C=S) groups is 1. The van der Waals surface area contributed by atoms with Crippen LogP contribution >= 0.6 is 12.2 Å². The molecule has 0 fully saturated rings. The van der Waals surface area contributed by atoms with Crippen molar-refractivity contribution in [3.63, 3.8) is 0 Å². The smallest absolute Gasteiger partial charge is 0.253 e. The zero-order valence-electron chi connectivity index (χ0n) is 18.3. The van der Waals surface area contributed by atoms with Crippen LogP contribution in [0.5, 0.6) is 5.75 Å². The maximum Gasteiger partial charge on any atom is 0.253 e. The van der Waals surface area contributed by atoms with Crippen LogP contribution in [-0.4, -0.2) is 22.1 Å². The van der Waals surface area contributed by atoms with Crippen molar-refractivity contribution in [1.82, 2.24) is 9.88 Å². The van der Waals surface area contributed by atoms with Crippen molar-refractivity contribution in [2.45, 2.75) is 26.9 Å². The molecule has 7 heteroatoms. The van der Waals surface area contributed by atoms with Gasteiger partial charge in [-0.25, -0.2) is 0 Å². The molecule has 2 heterocycles. The monoisotopic (exact) mass is 447 g/mol. The summed E-state index contributed by atoms with van der Waals surface area (Å²) in [6, 6.07) is 17.3. The summed E-state index contributed by atoms with van der Waals surface area (Å²) < 4.78 is 10.7. The average molecular weight is 448 g/mol. The summed E-state index contributed by atoms with van der Waals surface area (Å²) in [5.41, 5.74) is 4.41. The SMILES string of the molecule is COc1ccc(NC(=S)N(Cc2ccco2)Cc2cc3c(C)cc(C)cc3[nH]c2=O)cc1. The Morgan fingerprint density at radius 3 is 2.59 bits per heavy atom. The van der Waals surface area contributed by atoms with Gasteiger partial charge in [0, 0.05) is 22.2 Å². The van der Waals surface area contributed by atoms with Crippen LogP contribution in [0.4, 0.5) is 5.69 Å². The Bertz CT molecular complexity index is 1290. The summed E-state index contributed by atoms with van der Waals surface area (Å²) in [6.45, 7) is 4.83. The second-order valence-corrected chi connectivity index (χ2v) is 8.15. The molecule has 0 spiro atoms. The molecule has 0 atom stereocenters. The molecule has 0 unspecified atom stereocenters. The maximum atomic E-state index is 12.9. The summed E-state index contributed by atoms with van der Waals surface area (Å²) in [4.78, 5) is 17.8. The van der Waals surface area contributed by atoms with Crippen molar-refractivity contribution in [3.05, 3.63) is 93.7 Å². The summed E-state index contributed by atoms with van der Waals surface area (Å²) >= 11 is 5.70. The fourth-order valence-corrected chi connectivity index (χ4v) is 3.95. The Morgan fingerprint density at radius 1 is 1.12 bits per heavy atom. The number of methoxy groups -OCH3 is 1. The zero-order valence-corrected chi connectivity index (χ0v) is 19.1. The highest BCUT2D eigenvalue weighted by Crippen LogP contribution is 2.21. The van der Waals surface area contributed by atoms with E-state index in [4.69, 9.17) is 21.4 Å². The van der Waals surface area contributed by atoms with E-state index in [2.05, 4.69) is 16.4 Å². The van der Waals surface area contributed by atoms with E-state index in [1.165, 1.54) is 0 Å². The van der Waals surface area contributed by atoms with Crippen molar-refractivity contribution < 1.29 is 9.15 Å². The molecule has 4 aromatic rings. The first kappa shape index (κ1) is 21.6. The number of hydrogen-bond donors (Lipinski definition) is 2. The summed E-state index contributed by atoms with van der Waals surface area (Å²) in [6.07, 6.45) is 1.63. The number of hydrogen-bond acceptors (Lipinski definition) is 4. The van der Waals surface area contributed by atoms with E-state index in [1.807, 2.05) is 67.3 Å². The molecule has 2 aromatic heterocycles. The van der Waals surface area contributed by atoms with Gasteiger partial charge in [-0.05, 0) is 85.7 Å². The van der Waals surface area contributed by atoms with Gasteiger partial charge in [0.15, 0.2) is 5.11 Å². The topological polar surface area (TPSA) is 70.5 Å². The number of fused-ring (bicyclic) bond motifs is 1. The molecule has 2 N–H and O–H groups in total. The van der Waals surface area contributed by atoms with Crippen LogP contribution in [0.1, 0.15) is 22.5 Å². The first-order valence-corrected chi connectivity index (χ1v) is 10.7. The van der Waals surface area contributed by atoms with E-state index < -0.39 is 0 Å². The number of pyridine rings is 1. The number of aromatic amines is 1. The van der Waals surface area contributed by atoms with Crippen LogP contribution in [0.15, 0.2) is 70.1 Å². The van der Waals surface area contributed by atoms with Crippen molar-refractivity contribution in [3.8, 4) is 5.75 Å². The van der Waals surface area contributed by atoms with Crippen LogP contribution in [0.3, 0.4) is 0 Å². The van der Waals surface area contributed by atoms with E-state index >= 15 is 0 Å². The molecule has 164 valence electrons. The fourth-order valence-electron chi connectivity index (χ4n) is 3.71. The van der Waals surface area contributed by atoms with Gasteiger partial charge in [0.2, 0.25) is 0 Å². The number of rotatable bonds is 6. The first-order valence-electron chi connectivity index (χ1n) is 10.3. The van der Waals surface area contributed by atoms with Crippen LogP contribution in [0.2, 0.25) is 0 Å². The van der Waals surface area contributed by atoms with Crippen LogP contribution < -0.4 is 15.6 Å². The lowest BCUT2D eigenvalue weighted by Crippen LogP contribution is -2.35. The molecule has 0 radical (unpaired) electrons. The van der Waals surface area contributed by atoms with Gasteiger partial charge in [0.05, 0.1) is 26.5 Å². The standard InChI is InChI=1S/C25H25N3O3S/c1-16-11-17(2)22-13-18(24(29)27-23(22)12-16)14-28(15-21-5-4-10-31-21)25(32)26-19-6-8-20(30-3)9-7-19/h4-13H,14-15H2,1-3H3,(H,26,32)(H,27,29). The Kier molecular flexibility index (Phi) is 6.28. The fraction of sp³-hybridized carbons (Fsp3) is 0.200. The largest absolute Gasteiger partial charge is 0.497 e. The van der Waals surface area contributed by atoms with Crippen LogP contribution in [-0.2, 0) is 13.1 Å². The third-order valence-corrected chi connectivity index (χ3v) is 5.67. The van der Waals surface area contributed by atoms with E-state index in [9.17, 15) is 4.79 Å². The molecule has 0 aliphatic carbocycles. The molecular formula is C25H25N3O3S. The second kappa shape index (κ2) is 9.28. The maximum absolute atomic E-state index is 12.9. The number of nitrogens with one attached hydrogen (secondary N) is 2. The van der Waals surface area contributed by atoms with E-state index in [0.29, 0.717) is 23.8 Å². The molecule has 0 aliphatic rings. The molecule has 0 amide bonds. The number of ether oxygens (including phenoxy) is 1. The van der Waals surface area contributed by atoms with Crippen molar-refractivity contribution in [1.29, 1.82) is 0 Å². The third-order valence-electron chi connectivity index (χ3n) is 5.31. The van der Waals surface area contributed by atoms with Gasteiger partial charge in [0.1, 0.15) is 11.5 Å². The highest BCUT2D eigenvalue weighted by Gasteiger charge is 2.16. The van der Waals surface area contributed by atoms with Gasteiger partial charge in [0.25, 0.3) is 5.56 Å². The van der Waals surface area contributed by atoms with Crippen molar-refractivity contribution in [2.24, 2.45) is 0 Å². The van der Waals surface area contributed by atoms with E-state index in [-0.39, 0.29) is 5.56 Å². The molecule has 2 aromatic carbocycles. The van der Waals surface area contributed by atoms with Gasteiger partial charge in [-0.2, -0.15) is 0 Å². The average Bonchev–Trinajstić information content (AvgIpc) is 3.27. The minimum atomic E-state index is -0.126. The van der Waals surface area contributed by atoms with Gasteiger partial charge < -0.3 is 24.4 Å². The summed E-state index contributed by atoms with van der Waals surface area (Å²) in [5.74, 6) is 1.52. The Labute approximate surface area is 191 Å². The van der Waals surface area contributed by atoms with Gasteiger partial charge in [-0.3, -0.25) is 4.79 Å². The quantitative estimate of drug-likeness (QED) is 0.399. The van der Waals surface area contributed by atoms with Gasteiger partial charge >= 0.3 is 0 Å². The third kappa shape index (κ3) is 4.84. The lowest BCUT2D eigenvalue weighted by atomic mass is 10.0. The molecule has 0 saturated heterocycles. The number of H-pyrrole nitrogens is 1. The number of aromatic nitrogens is 1. The Morgan fingerprint density at radius 2 is 1.91 bits per heavy atom. The van der Waals surface area contributed by atoms with Crippen molar-refractivity contribution in [2.75, 3.05) is 12.4 Å². The highest BCUT2D eigenvalue weighted by molar-refractivity contribution is 7.80. The predicted octanol–water partition coefficient (Wildman–Crippen LogP) is 5.15. The molecule has 4 rings (SSSR count). The number of furan rings is 1. The number of nitrogens with zero attached hydrogens (tertiary/aromatic N) is 1. The first-order chi connectivity index (χ1) is 15.4. The summed E-state index contributed by atoms with van der Waals surface area (Å²) in [5, 5.41) is 4.77. The molecule has 0 saturated carbocycles. The van der Waals surface area contributed by atoms with Crippen LogP contribution in [0, 0.1) is 13.8 Å². The van der Waals surface area contributed by atoms with Crippen molar-refractivity contribution >= 4 is 33.9 Å². The molecular weight excluding hydrogens is 422 g/mol. The number of benzene rings is 2. The van der Waals surface area contributed by atoms with E-state index in [1.54, 1.807) is 13.4 Å². The minimum absolute atomic E-state index is 0.126. The van der Waals surface area contributed by atoms with Gasteiger partial charge in [-0.15, -0.1) is 0 Å². The van der Waals surface area contributed by atoms with Gasteiger partial charge in [-0.1, -0.05) is 6.07 Å². The van der Waals surface area contributed by atoms with E-state index in [0.717, 1.165) is 39.2 Å². The zero-order chi connectivity index (χ0) is 22.7. The predicted molar refractivity (Wildman–Crippen MR) is 131 cm³/mol. The minimum Gasteiger partial charge on any atom is -0.497 e. The number of aryl methyl sites for hydroxylation is 2. The molecule has 0 bridgehead atoms. The second-order valence-electron chi connectivity index (χ2n) is 7.76. The highest BCUT2D eigenvalue weighted by atomic mass is 32.1. The summed E-state index contributed by atoms with van der Waals surface area (Å²) in [7, 11) is 1.63. The number of anilines is 1. The lowest BCUT2D eigenvalue weighted by molar-refractivity contribution is 0.359. The molecule has 0 aliphatic heterocycles. The normalized spacial score (nSPS) is 10.8. The Balaban J connectivity index is 1.63. The molecule has 6 nitrogen and oxygen atoms in total. The molecule has 32 heavy (non-hydrogen) atoms. The van der Waals surface area contributed by atoms with Crippen LogP contribution in [0.25, 0.3) is 10.9 Å².